The van der Waals surface area contributed by atoms with E-state index in [0.717, 1.165) is 5.56 Å². The topological polar surface area (TPSA) is 29.1 Å². The summed E-state index contributed by atoms with van der Waals surface area (Å²) >= 11 is 0. The van der Waals surface area contributed by atoms with Gasteiger partial charge in [-0.15, -0.1) is 0 Å². The molecule has 1 rings (SSSR count). The van der Waals surface area contributed by atoms with Crippen LogP contribution in [-0.2, 0) is 0 Å². The van der Waals surface area contributed by atoms with E-state index in [1.807, 2.05) is 32.9 Å². The molecule has 0 bridgehead atoms. The van der Waals surface area contributed by atoms with Gasteiger partial charge in [-0.3, -0.25) is 4.79 Å². The fraction of sp³-hybridized carbons (Fsp3) is 0.588. The van der Waals surface area contributed by atoms with Crippen molar-refractivity contribution < 1.29 is 4.79 Å². The van der Waals surface area contributed by atoms with E-state index in [1.165, 1.54) is 11.1 Å². The number of benzene rings is 1. The molecule has 0 aromatic heterocycles. The molecule has 0 unspecified atom stereocenters. The molecule has 1 aromatic carbocycles. The first-order chi connectivity index (χ1) is 8.61. The van der Waals surface area contributed by atoms with Gasteiger partial charge in [-0.1, -0.05) is 33.8 Å². The molecule has 0 heterocycles. The van der Waals surface area contributed by atoms with Crippen molar-refractivity contribution >= 4 is 5.91 Å². The number of carbonyl (C=O) groups is 1. The van der Waals surface area contributed by atoms with E-state index in [4.69, 9.17) is 0 Å². The summed E-state index contributed by atoms with van der Waals surface area (Å²) in [7, 11) is 0. The molecule has 1 N–H and O–H groups in total. The van der Waals surface area contributed by atoms with Crippen LogP contribution in [0.3, 0.4) is 0 Å². The van der Waals surface area contributed by atoms with Gasteiger partial charge in [-0.05, 0) is 55.9 Å². The van der Waals surface area contributed by atoms with Crippen LogP contribution in [0.1, 0.15) is 81.8 Å². The van der Waals surface area contributed by atoms with Crippen molar-refractivity contribution in [2.75, 3.05) is 0 Å². The lowest BCUT2D eigenvalue weighted by molar-refractivity contribution is 0.0919. The standard InChI is InChI=1S/C17H27NO/c1-11(2)14-9-8-13(10-15(14)12(3)4)16(19)18-17(5,6)7/h8-12H,1-7H3,(H,18,19). The van der Waals surface area contributed by atoms with Gasteiger partial charge in [0.15, 0.2) is 0 Å². The van der Waals surface area contributed by atoms with Crippen molar-refractivity contribution in [1.29, 1.82) is 0 Å². The van der Waals surface area contributed by atoms with Crippen LogP contribution in [0.25, 0.3) is 0 Å². The SMILES string of the molecule is CC(C)c1ccc(C(=O)NC(C)(C)C)cc1C(C)C. The third-order valence-corrected chi connectivity index (χ3v) is 3.08. The van der Waals surface area contributed by atoms with Gasteiger partial charge in [0.1, 0.15) is 0 Å². The predicted octanol–water partition coefficient (Wildman–Crippen LogP) is 4.46. The summed E-state index contributed by atoms with van der Waals surface area (Å²) in [6.45, 7) is 14.7. The van der Waals surface area contributed by atoms with Gasteiger partial charge in [0.25, 0.3) is 5.91 Å². The third-order valence-electron chi connectivity index (χ3n) is 3.08. The lowest BCUT2D eigenvalue weighted by Crippen LogP contribution is -2.40. The number of hydrogen-bond acceptors (Lipinski definition) is 1. The van der Waals surface area contributed by atoms with Crippen molar-refractivity contribution in [1.82, 2.24) is 5.32 Å². The first kappa shape index (κ1) is 15.7. The lowest BCUT2D eigenvalue weighted by atomic mass is 9.89. The molecule has 106 valence electrons. The maximum Gasteiger partial charge on any atom is 0.251 e. The third kappa shape index (κ3) is 4.38. The summed E-state index contributed by atoms with van der Waals surface area (Å²) in [6, 6.07) is 6.07. The minimum Gasteiger partial charge on any atom is -0.347 e. The van der Waals surface area contributed by atoms with Crippen LogP contribution in [0.15, 0.2) is 18.2 Å². The summed E-state index contributed by atoms with van der Waals surface area (Å²) in [4.78, 5) is 12.2. The van der Waals surface area contributed by atoms with Crippen molar-refractivity contribution in [3.63, 3.8) is 0 Å². The summed E-state index contributed by atoms with van der Waals surface area (Å²) in [5.74, 6) is 0.918. The Bertz CT molecular complexity index is 453. The highest BCUT2D eigenvalue weighted by Gasteiger charge is 2.17. The Hall–Kier alpha value is -1.31. The zero-order valence-electron chi connectivity index (χ0n) is 13.3. The zero-order valence-corrected chi connectivity index (χ0v) is 13.3. The van der Waals surface area contributed by atoms with Crippen LogP contribution in [-0.4, -0.2) is 11.4 Å². The van der Waals surface area contributed by atoms with E-state index in [0.29, 0.717) is 11.8 Å². The molecule has 0 spiro atoms. The van der Waals surface area contributed by atoms with Gasteiger partial charge >= 0.3 is 0 Å². The average molecular weight is 261 g/mol. The number of hydrogen-bond donors (Lipinski definition) is 1. The van der Waals surface area contributed by atoms with E-state index in [9.17, 15) is 4.79 Å². The second-order valence-electron chi connectivity index (χ2n) is 6.86. The number of amides is 1. The minimum absolute atomic E-state index is 0.00436. The quantitative estimate of drug-likeness (QED) is 0.855. The molecule has 2 nitrogen and oxygen atoms in total. The molecule has 0 radical (unpaired) electrons. The van der Waals surface area contributed by atoms with Crippen molar-refractivity contribution in [2.45, 2.75) is 65.8 Å². The number of rotatable bonds is 3. The highest BCUT2D eigenvalue weighted by Crippen LogP contribution is 2.27. The van der Waals surface area contributed by atoms with Crippen LogP contribution in [0.5, 0.6) is 0 Å². The second kappa shape index (κ2) is 5.77. The fourth-order valence-corrected chi connectivity index (χ4v) is 2.15. The summed E-state index contributed by atoms with van der Waals surface area (Å²) in [6.07, 6.45) is 0. The molecular formula is C17H27NO. The van der Waals surface area contributed by atoms with Crippen LogP contribution >= 0.6 is 0 Å². The molecule has 0 aliphatic heterocycles. The van der Waals surface area contributed by atoms with Gasteiger partial charge in [0.05, 0.1) is 0 Å². The zero-order chi connectivity index (χ0) is 14.8. The smallest absolute Gasteiger partial charge is 0.251 e. The highest BCUT2D eigenvalue weighted by atomic mass is 16.1. The molecule has 2 heteroatoms. The maximum atomic E-state index is 12.2. The molecular weight excluding hydrogens is 234 g/mol. The van der Waals surface area contributed by atoms with Crippen LogP contribution in [0.2, 0.25) is 0 Å². The van der Waals surface area contributed by atoms with E-state index in [-0.39, 0.29) is 11.4 Å². The van der Waals surface area contributed by atoms with Crippen molar-refractivity contribution in [2.24, 2.45) is 0 Å². The summed E-state index contributed by atoms with van der Waals surface area (Å²) in [5, 5.41) is 3.01. The monoisotopic (exact) mass is 261 g/mol. The fourth-order valence-electron chi connectivity index (χ4n) is 2.15. The molecule has 0 fully saturated rings. The Balaban J connectivity index is 3.12. The summed E-state index contributed by atoms with van der Waals surface area (Å²) in [5.41, 5.74) is 3.16. The Morgan fingerprint density at radius 3 is 1.95 bits per heavy atom. The molecule has 0 atom stereocenters. The average Bonchev–Trinajstić information content (AvgIpc) is 2.25. The first-order valence-corrected chi connectivity index (χ1v) is 7.08. The van der Waals surface area contributed by atoms with E-state index >= 15 is 0 Å². The predicted molar refractivity (Wildman–Crippen MR) is 81.8 cm³/mol. The van der Waals surface area contributed by atoms with E-state index < -0.39 is 0 Å². The van der Waals surface area contributed by atoms with Crippen LogP contribution < -0.4 is 5.32 Å². The Morgan fingerprint density at radius 2 is 1.53 bits per heavy atom. The molecule has 0 saturated heterocycles. The van der Waals surface area contributed by atoms with E-state index in [1.54, 1.807) is 0 Å². The lowest BCUT2D eigenvalue weighted by Gasteiger charge is -2.22. The largest absolute Gasteiger partial charge is 0.347 e. The van der Waals surface area contributed by atoms with Crippen molar-refractivity contribution in [3.8, 4) is 0 Å². The van der Waals surface area contributed by atoms with Crippen LogP contribution in [0.4, 0.5) is 0 Å². The molecule has 1 amide bonds. The highest BCUT2D eigenvalue weighted by molar-refractivity contribution is 5.95. The molecule has 0 saturated carbocycles. The molecule has 1 aromatic rings. The normalized spacial score (nSPS) is 12.1. The van der Waals surface area contributed by atoms with Crippen molar-refractivity contribution in [3.05, 3.63) is 34.9 Å². The Morgan fingerprint density at radius 1 is 1.00 bits per heavy atom. The molecule has 0 aliphatic rings. The summed E-state index contributed by atoms with van der Waals surface area (Å²) < 4.78 is 0. The van der Waals surface area contributed by atoms with Gasteiger partial charge in [-0.2, -0.15) is 0 Å². The first-order valence-electron chi connectivity index (χ1n) is 7.08. The number of carbonyl (C=O) groups excluding carboxylic acids is 1. The van der Waals surface area contributed by atoms with Gasteiger partial charge < -0.3 is 5.32 Å². The minimum atomic E-state index is -0.203. The van der Waals surface area contributed by atoms with Crippen LogP contribution in [0, 0.1) is 0 Å². The number of nitrogens with one attached hydrogen (secondary N) is 1. The maximum absolute atomic E-state index is 12.2. The van der Waals surface area contributed by atoms with Gasteiger partial charge in [0, 0.05) is 11.1 Å². The molecule has 0 aliphatic carbocycles. The van der Waals surface area contributed by atoms with Gasteiger partial charge in [0.2, 0.25) is 0 Å². The molecule has 19 heavy (non-hydrogen) atoms. The van der Waals surface area contributed by atoms with Gasteiger partial charge in [-0.25, -0.2) is 0 Å². The van der Waals surface area contributed by atoms with E-state index in [2.05, 4.69) is 39.1 Å². The Labute approximate surface area is 117 Å². The Kier molecular flexibility index (Phi) is 4.78. The second-order valence-corrected chi connectivity index (χ2v) is 6.86.